The molecule has 3 fully saturated rings. The van der Waals surface area contributed by atoms with Crippen LogP contribution in [0.3, 0.4) is 0 Å². The standard InChI is InChI=1S/C13H23NO2.C11H14ClNO2S.C2H6/c1-2-5-13(16)6-8-14(9-7-13)12(15)10-11-3-4-11;12-10-4-6-11(7-5-10)16(14,15)13-8-2-1-3-9-13;1-2/h11,16H,2-10H2,1H3;4-7H,1-3,8-9H2;1-2H3. The number of carbonyl (C=O) groups is 1. The number of likely N-dealkylation sites (tertiary alicyclic amines) is 1. The first-order chi connectivity index (χ1) is 16.2. The highest BCUT2D eigenvalue weighted by Crippen LogP contribution is 2.34. The summed E-state index contributed by atoms with van der Waals surface area (Å²) < 4.78 is 25.9. The first-order valence-electron chi connectivity index (χ1n) is 13.0. The predicted molar refractivity (Wildman–Crippen MR) is 138 cm³/mol. The monoisotopic (exact) mass is 514 g/mol. The highest BCUT2D eigenvalue weighted by molar-refractivity contribution is 7.89. The first kappa shape index (κ1) is 29.1. The number of halogens is 1. The van der Waals surface area contributed by atoms with Crippen LogP contribution in [-0.2, 0) is 14.8 Å². The summed E-state index contributed by atoms with van der Waals surface area (Å²) in [5.41, 5.74) is -0.495. The molecule has 0 bridgehead atoms. The minimum absolute atomic E-state index is 0.307. The fraction of sp³-hybridized carbons (Fsp3) is 0.731. The number of rotatable bonds is 6. The summed E-state index contributed by atoms with van der Waals surface area (Å²) in [6, 6.07) is 6.34. The smallest absolute Gasteiger partial charge is 0.243 e. The fourth-order valence-corrected chi connectivity index (χ4v) is 6.09. The molecular formula is C26H43ClN2O4S. The number of piperidine rings is 2. The van der Waals surface area contributed by atoms with Crippen LogP contribution in [0.1, 0.15) is 85.0 Å². The van der Waals surface area contributed by atoms with Crippen LogP contribution in [0.25, 0.3) is 0 Å². The van der Waals surface area contributed by atoms with E-state index < -0.39 is 15.6 Å². The van der Waals surface area contributed by atoms with Gasteiger partial charge in [0.1, 0.15) is 0 Å². The number of nitrogens with zero attached hydrogens (tertiary/aromatic N) is 2. The molecule has 1 aromatic rings. The summed E-state index contributed by atoms with van der Waals surface area (Å²) in [7, 11) is -3.30. The number of sulfonamides is 1. The average Bonchev–Trinajstić information content (AvgIpc) is 3.66. The van der Waals surface area contributed by atoms with E-state index in [2.05, 4.69) is 6.92 Å². The van der Waals surface area contributed by atoms with Gasteiger partial charge in [-0.05, 0) is 75.1 Å². The third-order valence-corrected chi connectivity index (χ3v) is 8.85. The number of hydrogen-bond donors (Lipinski definition) is 1. The van der Waals surface area contributed by atoms with Gasteiger partial charge in [0.15, 0.2) is 0 Å². The maximum atomic E-state index is 12.2. The van der Waals surface area contributed by atoms with E-state index in [-0.39, 0.29) is 0 Å². The summed E-state index contributed by atoms with van der Waals surface area (Å²) in [6.45, 7) is 8.86. The Bertz CT molecular complexity index is 842. The van der Waals surface area contributed by atoms with Gasteiger partial charge >= 0.3 is 0 Å². The molecule has 1 amide bonds. The van der Waals surface area contributed by atoms with E-state index in [0.717, 1.165) is 64.5 Å². The third-order valence-electron chi connectivity index (χ3n) is 6.69. The Kier molecular flexibility index (Phi) is 11.8. The molecule has 1 aliphatic carbocycles. The molecule has 0 unspecified atom stereocenters. The van der Waals surface area contributed by atoms with Crippen molar-refractivity contribution in [2.75, 3.05) is 26.2 Å². The summed E-state index contributed by atoms with van der Waals surface area (Å²) in [4.78, 5) is 14.1. The molecule has 2 aliphatic heterocycles. The SMILES string of the molecule is CC.CCCC1(O)CCN(C(=O)CC2CC2)CC1.O=S(=O)(c1ccc(Cl)cc1)N1CCCCC1. The quantitative estimate of drug-likeness (QED) is 0.545. The Morgan fingerprint density at radius 2 is 1.59 bits per heavy atom. The summed E-state index contributed by atoms with van der Waals surface area (Å²) >= 11 is 5.74. The Morgan fingerprint density at radius 3 is 2.09 bits per heavy atom. The molecule has 0 radical (unpaired) electrons. The molecule has 1 saturated carbocycles. The Labute approximate surface area is 211 Å². The Morgan fingerprint density at radius 1 is 1.03 bits per heavy atom. The van der Waals surface area contributed by atoms with Gasteiger partial charge in [-0.1, -0.05) is 45.2 Å². The average molecular weight is 515 g/mol. The topological polar surface area (TPSA) is 77.9 Å². The lowest BCUT2D eigenvalue weighted by Gasteiger charge is -2.38. The molecule has 6 nitrogen and oxygen atoms in total. The van der Waals surface area contributed by atoms with Gasteiger partial charge in [0.2, 0.25) is 15.9 Å². The van der Waals surface area contributed by atoms with Crippen LogP contribution in [0, 0.1) is 5.92 Å². The normalized spacial score (nSPS) is 20.4. The molecule has 1 aromatic carbocycles. The zero-order valence-electron chi connectivity index (χ0n) is 21.1. The number of hydrogen-bond acceptors (Lipinski definition) is 4. The van der Waals surface area contributed by atoms with Gasteiger partial charge < -0.3 is 10.0 Å². The summed E-state index contributed by atoms with van der Waals surface area (Å²) in [5, 5.41) is 10.8. The molecule has 0 atom stereocenters. The van der Waals surface area contributed by atoms with Crippen molar-refractivity contribution in [3.63, 3.8) is 0 Å². The molecule has 8 heteroatoms. The maximum absolute atomic E-state index is 12.2. The largest absolute Gasteiger partial charge is 0.390 e. The van der Waals surface area contributed by atoms with E-state index in [1.807, 2.05) is 18.7 Å². The predicted octanol–water partition coefficient (Wildman–Crippen LogP) is 5.48. The van der Waals surface area contributed by atoms with Crippen molar-refractivity contribution in [2.45, 2.75) is 95.5 Å². The van der Waals surface area contributed by atoms with Crippen molar-refractivity contribution in [1.29, 1.82) is 0 Å². The number of aliphatic hydroxyl groups is 1. The minimum atomic E-state index is -3.30. The number of amides is 1. The molecule has 0 aromatic heterocycles. The zero-order valence-corrected chi connectivity index (χ0v) is 22.7. The highest BCUT2D eigenvalue weighted by Gasteiger charge is 2.34. The molecule has 2 heterocycles. The van der Waals surface area contributed by atoms with Crippen LogP contribution in [0.5, 0.6) is 0 Å². The molecule has 194 valence electrons. The lowest BCUT2D eigenvalue weighted by molar-refractivity contribution is -0.136. The number of benzene rings is 1. The van der Waals surface area contributed by atoms with Crippen molar-refractivity contribution in [2.24, 2.45) is 5.92 Å². The van der Waals surface area contributed by atoms with E-state index in [1.54, 1.807) is 28.6 Å². The number of carbonyl (C=O) groups excluding carboxylic acids is 1. The van der Waals surface area contributed by atoms with Crippen molar-refractivity contribution < 1.29 is 18.3 Å². The van der Waals surface area contributed by atoms with Crippen molar-refractivity contribution in [3.8, 4) is 0 Å². The second-order valence-corrected chi connectivity index (χ2v) is 11.8. The highest BCUT2D eigenvalue weighted by atomic mass is 35.5. The van der Waals surface area contributed by atoms with Gasteiger partial charge in [-0.3, -0.25) is 4.79 Å². The van der Waals surface area contributed by atoms with Crippen LogP contribution in [0.15, 0.2) is 29.2 Å². The van der Waals surface area contributed by atoms with E-state index in [9.17, 15) is 18.3 Å². The molecule has 2 saturated heterocycles. The van der Waals surface area contributed by atoms with Gasteiger partial charge in [-0.15, -0.1) is 0 Å². The van der Waals surface area contributed by atoms with Crippen molar-refractivity contribution in [3.05, 3.63) is 29.3 Å². The van der Waals surface area contributed by atoms with Gasteiger partial charge in [0, 0.05) is 37.6 Å². The Hall–Kier alpha value is -1.15. The lowest BCUT2D eigenvalue weighted by Crippen LogP contribution is -2.46. The van der Waals surface area contributed by atoms with Gasteiger partial charge in [-0.2, -0.15) is 4.31 Å². The molecular weight excluding hydrogens is 472 g/mol. The van der Waals surface area contributed by atoms with Crippen molar-refractivity contribution >= 4 is 27.5 Å². The maximum Gasteiger partial charge on any atom is 0.243 e. The second-order valence-electron chi connectivity index (χ2n) is 9.42. The first-order valence-corrected chi connectivity index (χ1v) is 14.8. The lowest BCUT2D eigenvalue weighted by atomic mass is 9.87. The molecule has 3 aliphatic rings. The second kappa shape index (κ2) is 13.8. The van der Waals surface area contributed by atoms with E-state index in [0.29, 0.717) is 34.8 Å². The van der Waals surface area contributed by atoms with Crippen LogP contribution in [0.2, 0.25) is 5.02 Å². The van der Waals surface area contributed by atoms with Gasteiger partial charge in [0.25, 0.3) is 0 Å². The molecule has 4 rings (SSSR count). The molecule has 34 heavy (non-hydrogen) atoms. The Balaban J connectivity index is 0.000000224. The van der Waals surface area contributed by atoms with Crippen LogP contribution in [0.4, 0.5) is 0 Å². The van der Waals surface area contributed by atoms with E-state index in [4.69, 9.17) is 11.6 Å². The van der Waals surface area contributed by atoms with E-state index >= 15 is 0 Å². The van der Waals surface area contributed by atoms with Crippen LogP contribution >= 0.6 is 11.6 Å². The van der Waals surface area contributed by atoms with Gasteiger partial charge in [-0.25, -0.2) is 8.42 Å². The zero-order chi connectivity index (χ0) is 25.2. The minimum Gasteiger partial charge on any atom is -0.390 e. The summed E-state index contributed by atoms with van der Waals surface area (Å²) in [5.74, 6) is 0.977. The third kappa shape index (κ3) is 8.81. The van der Waals surface area contributed by atoms with Crippen LogP contribution in [-0.4, -0.2) is 60.4 Å². The fourth-order valence-electron chi connectivity index (χ4n) is 4.45. The molecule has 1 N–H and O–H groups in total. The van der Waals surface area contributed by atoms with Crippen LogP contribution < -0.4 is 0 Å². The summed E-state index contributed by atoms with van der Waals surface area (Å²) in [6.07, 6.45) is 9.65. The van der Waals surface area contributed by atoms with Crippen molar-refractivity contribution in [1.82, 2.24) is 9.21 Å². The van der Waals surface area contributed by atoms with E-state index in [1.165, 1.54) is 12.8 Å². The van der Waals surface area contributed by atoms with Gasteiger partial charge in [0.05, 0.1) is 10.5 Å². The molecule has 0 spiro atoms.